The van der Waals surface area contributed by atoms with Crippen molar-refractivity contribution in [2.75, 3.05) is 7.11 Å². The van der Waals surface area contributed by atoms with E-state index < -0.39 is 11.8 Å². The van der Waals surface area contributed by atoms with E-state index in [2.05, 4.69) is 0 Å². The minimum absolute atomic E-state index is 0.114. The van der Waals surface area contributed by atoms with E-state index in [1.165, 1.54) is 6.07 Å². The van der Waals surface area contributed by atoms with E-state index in [0.717, 1.165) is 5.56 Å². The van der Waals surface area contributed by atoms with Gasteiger partial charge in [0.15, 0.2) is 0 Å². The van der Waals surface area contributed by atoms with Crippen LogP contribution in [-0.2, 0) is 11.2 Å². The van der Waals surface area contributed by atoms with E-state index in [9.17, 15) is 14.4 Å². The maximum absolute atomic E-state index is 14.0. The lowest BCUT2D eigenvalue weighted by molar-refractivity contribution is -0.133. The summed E-state index contributed by atoms with van der Waals surface area (Å²) in [5.74, 6) is 0.182. The first-order valence-corrected chi connectivity index (χ1v) is 8.89. The number of carbonyl (C=O) groups excluding carboxylic acids is 1. The van der Waals surface area contributed by atoms with Crippen LogP contribution in [-0.4, -0.2) is 13.1 Å². The Bertz CT molecular complexity index is 1080. The summed E-state index contributed by atoms with van der Waals surface area (Å²) >= 11 is 0. The van der Waals surface area contributed by atoms with Gasteiger partial charge < -0.3 is 9.47 Å². The van der Waals surface area contributed by atoms with Crippen LogP contribution in [0.5, 0.6) is 11.5 Å². The third kappa shape index (κ3) is 5.30. The van der Waals surface area contributed by atoms with Crippen molar-refractivity contribution in [2.45, 2.75) is 6.42 Å². The predicted molar refractivity (Wildman–Crippen MR) is 109 cm³/mol. The second kappa shape index (κ2) is 9.34. The quantitative estimate of drug-likeness (QED) is 0.257. The first-order valence-electron chi connectivity index (χ1n) is 8.89. The average molecular weight is 387 g/mol. The zero-order valence-electron chi connectivity index (χ0n) is 15.8. The van der Waals surface area contributed by atoms with Gasteiger partial charge in [-0.1, -0.05) is 42.5 Å². The predicted octanol–water partition coefficient (Wildman–Crippen LogP) is 5.05. The first-order chi connectivity index (χ1) is 14.1. The van der Waals surface area contributed by atoms with Crippen LogP contribution in [0.15, 0.2) is 72.8 Å². The summed E-state index contributed by atoms with van der Waals surface area (Å²) in [6, 6.07) is 22.0. The Labute approximate surface area is 168 Å². The summed E-state index contributed by atoms with van der Waals surface area (Å²) in [6.45, 7) is 0. The topological polar surface area (TPSA) is 59.3 Å². The number of carbonyl (C=O) groups is 1. The van der Waals surface area contributed by atoms with Crippen LogP contribution < -0.4 is 9.47 Å². The third-order valence-corrected chi connectivity index (χ3v) is 4.19. The lowest BCUT2D eigenvalue weighted by Crippen LogP contribution is -2.11. The number of nitrogens with zero attached hydrogens (tertiary/aromatic N) is 1. The summed E-state index contributed by atoms with van der Waals surface area (Å²) in [6.07, 6.45) is 1.67. The second-order valence-electron chi connectivity index (χ2n) is 6.22. The number of rotatable bonds is 6. The Kier molecular flexibility index (Phi) is 6.39. The van der Waals surface area contributed by atoms with Crippen molar-refractivity contribution in [2.24, 2.45) is 0 Å². The minimum Gasteiger partial charge on any atom is -0.497 e. The van der Waals surface area contributed by atoms with E-state index in [1.807, 2.05) is 6.07 Å². The van der Waals surface area contributed by atoms with Gasteiger partial charge in [0.25, 0.3) is 0 Å². The van der Waals surface area contributed by atoms with Crippen molar-refractivity contribution in [3.63, 3.8) is 0 Å². The molecule has 29 heavy (non-hydrogen) atoms. The standard InChI is InChI=1S/C24H18FNO3/c1-28-20-11-9-17(10-12-20)15-24(27)29-21-6-4-5-18(14-21)13-19(16-26)22-7-2-3-8-23(22)25/h2-14H,15H2,1H3/b19-13-. The summed E-state index contributed by atoms with van der Waals surface area (Å²) in [7, 11) is 1.58. The Morgan fingerprint density at radius 3 is 2.48 bits per heavy atom. The zero-order chi connectivity index (χ0) is 20.6. The van der Waals surface area contributed by atoms with E-state index >= 15 is 0 Å². The fourth-order valence-electron chi connectivity index (χ4n) is 2.76. The Morgan fingerprint density at radius 2 is 1.79 bits per heavy atom. The Balaban J connectivity index is 1.74. The molecule has 0 aromatic heterocycles. The maximum atomic E-state index is 14.0. The monoisotopic (exact) mass is 387 g/mol. The van der Waals surface area contributed by atoms with Gasteiger partial charge in [0.1, 0.15) is 17.3 Å². The number of esters is 1. The summed E-state index contributed by atoms with van der Waals surface area (Å²) in [5, 5.41) is 9.40. The largest absolute Gasteiger partial charge is 0.497 e. The highest BCUT2D eigenvalue weighted by Gasteiger charge is 2.09. The molecule has 0 radical (unpaired) electrons. The fourth-order valence-corrected chi connectivity index (χ4v) is 2.76. The molecule has 4 nitrogen and oxygen atoms in total. The number of benzene rings is 3. The first kappa shape index (κ1) is 19.8. The fraction of sp³-hybridized carbons (Fsp3) is 0.0833. The van der Waals surface area contributed by atoms with Gasteiger partial charge in [0.2, 0.25) is 0 Å². The molecule has 0 aliphatic heterocycles. The van der Waals surface area contributed by atoms with Gasteiger partial charge in [-0.15, -0.1) is 0 Å². The summed E-state index contributed by atoms with van der Waals surface area (Å²) < 4.78 is 24.5. The SMILES string of the molecule is COc1ccc(CC(=O)Oc2cccc(/C=C(/C#N)c3ccccc3F)c2)cc1. The van der Waals surface area contributed by atoms with Crippen molar-refractivity contribution >= 4 is 17.6 Å². The van der Waals surface area contributed by atoms with Gasteiger partial charge in [-0.25, -0.2) is 4.39 Å². The van der Waals surface area contributed by atoms with Gasteiger partial charge in [0, 0.05) is 5.56 Å². The number of ether oxygens (including phenoxy) is 2. The molecule has 0 atom stereocenters. The normalized spacial score (nSPS) is 10.9. The molecular weight excluding hydrogens is 369 g/mol. The average Bonchev–Trinajstić information content (AvgIpc) is 2.73. The molecular formula is C24H18FNO3. The Morgan fingerprint density at radius 1 is 1.03 bits per heavy atom. The molecule has 0 spiro atoms. The molecule has 0 N–H and O–H groups in total. The molecule has 3 rings (SSSR count). The molecule has 0 fully saturated rings. The zero-order valence-corrected chi connectivity index (χ0v) is 15.8. The van der Waals surface area contributed by atoms with E-state index in [0.29, 0.717) is 17.1 Å². The summed E-state index contributed by atoms with van der Waals surface area (Å²) in [4.78, 5) is 12.2. The third-order valence-electron chi connectivity index (χ3n) is 4.19. The van der Waals surface area contributed by atoms with Crippen molar-refractivity contribution in [3.05, 3.63) is 95.3 Å². The number of allylic oxidation sites excluding steroid dienone is 1. The van der Waals surface area contributed by atoms with Crippen LogP contribution in [0.4, 0.5) is 4.39 Å². The molecule has 3 aromatic rings. The van der Waals surface area contributed by atoms with Crippen LogP contribution in [0.3, 0.4) is 0 Å². The lowest BCUT2D eigenvalue weighted by Gasteiger charge is -2.07. The van der Waals surface area contributed by atoms with Gasteiger partial charge in [-0.05, 0) is 47.5 Å². The van der Waals surface area contributed by atoms with Crippen LogP contribution in [0.2, 0.25) is 0 Å². The molecule has 0 aliphatic carbocycles. The number of halogens is 1. The van der Waals surface area contributed by atoms with Crippen LogP contribution >= 0.6 is 0 Å². The van der Waals surface area contributed by atoms with Gasteiger partial charge >= 0.3 is 5.97 Å². The van der Waals surface area contributed by atoms with Crippen molar-refractivity contribution < 1.29 is 18.7 Å². The molecule has 0 unspecified atom stereocenters. The molecule has 0 saturated carbocycles. The van der Waals surface area contributed by atoms with Crippen molar-refractivity contribution in [1.29, 1.82) is 5.26 Å². The second-order valence-corrected chi connectivity index (χ2v) is 6.22. The molecule has 5 heteroatoms. The Hall–Kier alpha value is -3.91. The number of methoxy groups -OCH3 is 1. The van der Waals surface area contributed by atoms with Crippen molar-refractivity contribution in [1.82, 2.24) is 0 Å². The highest BCUT2D eigenvalue weighted by molar-refractivity contribution is 5.90. The summed E-state index contributed by atoms with van der Waals surface area (Å²) in [5.41, 5.74) is 1.83. The molecule has 0 amide bonds. The van der Waals surface area contributed by atoms with E-state index in [1.54, 1.807) is 79.9 Å². The number of nitriles is 1. The van der Waals surface area contributed by atoms with Crippen molar-refractivity contribution in [3.8, 4) is 17.6 Å². The molecule has 0 aliphatic rings. The molecule has 0 saturated heterocycles. The molecule has 3 aromatic carbocycles. The smallest absolute Gasteiger partial charge is 0.315 e. The van der Waals surface area contributed by atoms with Crippen LogP contribution in [0.1, 0.15) is 16.7 Å². The van der Waals surface area contributed by atoms with Gasteiger partial charge in [0.05, 0.1) is 25.2 Å². The molecule has 144 valence electrons. The molecule has 0 heterocycles. The minimum atomic E-state index is -0.470. The maximum Gasteiger partial charge on any atom is 0.315 e. The van der Waals surface area contributed by atoms with E-state index in [4.69, 9.17) is 9.47 Å². The number of hydrogen-bond donors (Lipinski definition) is 0. The number of hydrogen-bond acceptors (Lipinski definition) is 4. The molecule has 0 bridgehead atoms. The van der Waals surface area contributed by atoms with Crippen LogP contribution in [0, 0.1) is 17.1 Å². The lowest BCUT2D eigenvalue weighted by atomic mass is 10.0. The van der Waals surface area contributed by atoms with Gasteiger partial charge in [-0.2, -0.15) is 5.26 Å². The van der Waals surface area contributed by atoms with Crippen LogP contribution in [0.25, 0.3) is 11.6 Å². The van der Waals surface area contributed by atoms with Gasteiger partial charge in [-0.3, -0.25) is 4.79 Å². The highest BCUT2D eigenvalue weighted by atomic mass is 19.1. The van der Waals surface area contributed by atoms with E-state index in [-0.39, 0.29) is 17.6 Å². The highest BCUT2D eigenvalue weighted by Crippen LogP contribution is 2.23.